The number of methoxy groups -OCH3 is 1. The molecule has 5 aromatic rings. The highest BCUT2D eigenvalue weighted by molar-refractivity contribution is 14.1. The molecule has 0 aliphatic carbocycles. The number of anilines is 3. The van der Waals surface area contributed by atoms with Crippen molar-refractivity contribution in [2.45, 2.75) is 6.92 Å². The SMILES string of the molecule is COc1cc(/C=N\NC(=O)c2ccc(-c3csc(Nc4ccc(Cl)cc4)n3)cc2)cc(I)c1OCC(=O)Nc1ccc(C)c(Cl)c1. The van der Waals surface area contributed by atoms with Crippen molar-refractivity contribution in [2.75, 3.05) is 24.4 Å². The van der Waals surface area contributed by atoms with Crippen LogP contribution >= 0.6 is 57.1 Å². The lowest BCUT2D eigenvalue weighted by atomic mass is 10.1. The van der Waals surface area contributed by atoms with Gasteiger partial charge in [-0.05, 0) is 101 Å². The van der Waals surface area contributed by atoms with E-state index in [1.54, 1.807) is 36.4 Å². The van der Waals surface area contributed by atoms with Crippen LogP contribution in [-0.2, 0) is 4.79 Å². The van der Waals surface area contributed by atoms with E-state index in [0.717, 1.165) is 27.6 Å². The van der Waals surface area contributed by atoms with Crippen LogP contribution in [0.1, 0.15) is 21.5 Å². The summed E-state index contributed by atoms with van der Waals surface area (Å²) in [5.41, 5.74) is 7.70. The minimum absolute atomic E-state index is 0.232. The normalized spacial score (nSPS) is 10.9. The van der Waals surface area contributed by atoms with Gasteiger partial charge in [0.15, 0.2) is 23.2 Å². The molecule has 3 N–H and O–H groups in total. The lowest BCUT2D eigenvalue weighted by molar-refractivity contribution is -0.118. The van der Waals surface area contributed by atoms with Crippen LogP contribution in [0.2, 0.25) is 10.0 Å². The number of hydrogen-bond donors (Lipinski definition) is 3. The van der Waals surface area contributed by atoms with Crippen molar-refractivity contribution in [2.24, 2.45) is 5.10 Å². The summed E-state index contributed by atoms with van der Waals surface area (Å²) in [5.74, 6) is 0.111. The number of carbonyl (C=O) groups excluding carboxylic acids is 2. The van der Waals surface area contributed by atoms with Gasteiger partial charge >= 0.3 is 0 Å². The maximum Gasteiger partial charge on any atom is 0.271 e. The molecule has 0 bridgehead atoms. The van der Waals surface area contributed by atoms with Gasteiger partial charge in [0.25, 0.3) is 11.8 Å². The minimum atomic E-state index is -0.367. The van der Waals surface area contributed by atoms with Gasteiger partial charge in [0.1, 0.15) is 0 Å². The van der Waals surface area contributed by atoms with E-state index in [9.17, 15) is 9.59 Å². The number of nitrogens with zero attached hydrogens (tertiary/aromatic N) is 2. The molecule has 0 unspecified atom stereocenters. The molecule has 0 fully saturated rings. The minimum Gasteiger partial charge on any atom is -0.493 e. The number of benzene rings is 4. The largest absolute Gasteiger partial charge is 0.493 e. The summed E-state index contributed by atoms with van der Waals surface area (Å²) < 4.78 is 12.0. The first-order valence-corrected chi connectivity index (χ1v) is 16.4. The Morgan fingerprint density at radius 1 is 1.00 bits per heavy atom. The lowest BCUT2D eigenvalue weighted by Gasteiger charge is -2.14. The van der Waals surface area contributed by atoms with Crippen LogP contribution in [-0.4, -0.2) is 36.7 Å². The molecule has 1 aromatic heterocycles. The molecule has 13 heteroatoms. The monoisotopic (exact) mass is 785 g/mol. The first kappa shape index (κ1) is 33.2. The van der Waals surface area contributed by atoms with Gasteiger partial charge in [0, 0.05) is 37.9 Å². The van der Waals surface area contributed by atoms with E-state index in [2.05, 4.69) is 48.7 Å². The topological polar surface area (TPSA) is 114 Å². The standard InChI is InChI=1S/C33H26Cl2IN5O4S/c1-19-3-10-25(15-26(19)35)38-30(42)17-45-31-27(36)13-20(14-29(31)44-2)16-37-41-32(43)22-6-4-21(5-7-22)28-18-46-33(40-28)39-24-11-8-23(34)9-12-24/h3-16,18H,17H2,1-2H3,(H,38,42)(H,39,40)(H,41,43)/b37-16-. The van der Waals surface area contributed by atoms with Crippen LogP contribution in [0.25, 0.3) is 11.3 Å². The second-order valence-corrected chi connectivity index (χ2v) is 12.6. The predicted octanol–water partition coefficient (Wildman–Crippen LogP) is 8.56. The lowest BCUT2D eigenvalue weighted by Crippen LogP contribution is -2.20. The molecule has 1 heterocycles. The number of carbonyl (C=O) groups is 2. The summed E-state index contributed by atoms with van der Waals surface area (Å²) in [4.78, 5) is 29.8. The van der Waals surface area contributed by atoms with Gasteiger partial charge in [-0.25, -0.2) is 10.4 Å². The molecule has 0 aliphatic rings. The first-order valence-electron chi connectivity index (χ1n) is 13.7. The van der Waals surface area contributed by atoms with E-state index in [4.69, 9.17) is 32.7 Å². The third-order valence-corrected chi connectivity index (χ3v) is 8.70. The van der Waals surface area contributed by atoms with Gasteiger partial charge in [-0.1, -0.05) is 41.4 Å². The van der Waals surface area contributed by atoms with Crippen molar-refractivity contribution in [1.29, 1.82) is 0 Å². The Hall–Kier alpha value is -4.17. The smallest absolute Gasteiger partial charge is 0.271 e. The van der Waals surface area contributed by atoms with Gasteiger partial charge in [0.2, 0.25) is 0 Å². The number of thiazole rings is 1. The zero-order valence-corrected chi connectivity index (χ0v) is 28.9. The highest BCUT2D eigenvalue weighted by Crippen LogP contribution is 2.34. The molecule has 234 valence electrons. The number of nitrogens with one attached hydrogen (secondary N) is 3. The van der Waals surface area contributed by atoms with E-state index < -0.39 is 0 Å². The van der Waals surface area contributed by atoms with Crippen LogP contribution in [0.4, 0.5) is 16.5 Å². The molecule has 2 amide bonds. The van der Waals surface area contributed by atoms with Crippen molar-refractivity contribution in [3.05, 3.63) is 115 Å². The number of rotatable bonds is 11. The molecule has 0 aliphatic heterocycles. The fraction of sp³-hybridized carbons (Fsp3) is 0.0909. The highest BCUT2D eigenvalue weighted by Gasteiger charge is 2.14. The Balaban J connectivity index is 1.15. The van der Waals surface area contributed by atoms with Crippen LogP contribution in [0.5, 0.6) is 11.5 Å². The number of amides is 2. The predicted molar refractivity (Wildman–Crippen MR) is 193 cm³/mol. The maximum absolute atomic E-state index is 12.7. The van der Waals surface area contributed by atoms with Gasteiger partial charge in [-0.15, -0.1) is 11.3 Å². The summed E-state index contributed by atoms with van der Waals surface area (Å²) in [6, 6.07) is 23.3. The second-order valence-electron chi connectivity index (χ2n) is 9.78. The van der Waals surface area contributed by atoms with Crippen LogP contribution in [0, 0.1) is 10.5 Å². The summed E-state index contributed by atoms with van der Waals surface area (Å²) in [6.07, 6.45) is 1.50. The average molecular weight is 786 g/mol. The molecule has 5 rings (SSSR count). The van der Waals surface area contributed by atoms with Gasteiger partial charge < -0.3 is 20.1 Å². The summed E-state index contributed by atoms with van der Waals surface area (Å²) in [7, 11) is 1.50. The van der Waals surface area contributed by atoms with Gasteiger partial charge in [0.05, 0.1) is 22.6 Å². The molecule has 4 aromatic carbocycles. The Labute approximate surface area is 293 Å². The van der Waals surface area contributed by atoms with Crippen molar-refractivity contribution >= 4 is 91.7 Å². The van der Waals surface area contributed by atoms with E-state index in [0.29, 0.717) is 41.9 Å². The molecule has 0 atom stereocenters. The third kappa shape index (κ3) is 8.75. The summed E-state index contributed by atoms with van der Waals surface area (Å²) in [5, 5.41) is 14.0. The molecule has 0 radical (unpaired) electrons. The van der Waals surface area contributed by atoms with E-state index in [-0.39, 0.29) is 18.4 Å². The fourth-order valence-electron chi connectivity index (χ4n) is 4.10. The summed E-state index contributed by atoms with van der Waals surface area (Å²) >= 11 is 15.7. The molecule has 0 saturated carbocycles. The number of ether oxygens (including phenoxy) is 2. The maximum atomic E-state index is 12.7. The Bertz CT molecular complexity index is 1900. The number of hydrogen-bond acceptors (Lipinski definition) is 8. The quantitative estimate of drug-likeness (QED) is 0.0703. The third-order valence-electron chi connectivity index (χ3n) is 6.48. The fourth-order valence-corrected chi connectivity index (χ4v) is 5.93. The number of aryl methyl sites for hydroxylation is 1. The number of halogens is 3. The van der Waals surface area contributed by atoms with Gasteiger partial charge in [-0.2, -0.15) is 5.10 Å². The zero-order chi connectivity index (χ0) is 32.6. The highest BCUT2D eigenvalue weighted by atomic mass is 127. The van der Waals surface area contributed by atoms with Crippen LogP contribution < -0.4 is 25.5 Å². The molecule has 9 nitrogen and oxygen atoms in total. The van der Waals surface area contributed by atoms with Crippen molar-refractivity contribution in [3.8, 4) is 22.8 Å². The first-order chi connectivity index (χ1) is 22.2. The molecular weight excluding hydrogens is 760 g/mol. The van der Waals surface area contributed by atoms with E-state index in [1.165, 1.54) is 24.7 Å². The van der Waals surface area contributed by atoms with E-state index >= 15 is 0 Å². The van der Waals surface area contributed by atoms with E-state index in [1.807, 2.05) is 54.8 Å². The van der Waals surface area contributed by atoms with Crippen molar-refractivity contribution in [1.82, 2.24) is 10.4 Å². The Morgan fingerprint density at radius 2 is 1.74 bits per heavy atom. The van der Waals surface area contributed by atoms with Crippen molar-refractivity contribution < 1.29 is 19.1 Å². The Morgan fingerprint density at radius 3 is 2.46 bits per heavy atom. The van der Waals surface area contributed by atoms with Crippen molar-refractivity contribution in [3.63, 3.8) is 0 Å². The van der Waals surface area contributed by atoms with Crippen LogP contribution in [0.15, 0.2) is 89.3 Å². The molecular formula is C33H26Cl2IN5O4S. The Kier molecular flexibility index (Phi) is 11.1. The molecule has 46 heavy (non-hydrogen) atoms. The molecule has 0 spiro atoms. The van der Waals surface area contributed by atoms with Crippen LogP contribution in [0.3, 0.4) is 0 Å². The number of hydrazone groups is 1. The average Bonchev–Trinajstić information content (AvgIpc) is 3.51. The molecule has 0 saturated heterocycles. The summed E-state index contributed by atoms with van der Waals surface area (Å²) in [6.45, 7) is 1.65. The second kappa shape index (κ2) is 15.4. The van der Waals surface area contributed by atoms with Gasteiger partial charge in [-0.3, -0.25) is 9.59 Å². The number of aromatic nitrogens is 1. The zero-order valence-electron chi connectivity index (χ0n) is 24.4.